The third kappa shape index (κ3) is 3.82. The maximum absolute atomic E-state index is 7.04. The van der Waals surface area contributed by atoms with Crippen LogP contribution in [0.5, 0.6) is 5.88 Å². The number of para-hydroxylation sites is 1. The number of fused-ring (bicyclic) bond motifs is 3. The van der Waals surface area contributed by atoms with Gasteiger partial charge < -0.3 is 14.2 Å². The molecule has 1 atom stereocenters. The Balaban J connectivity index is 1.30. The predicted molar refractivity (Wildman–Crippen MR) is 123 cm³/mol. The van der Waals surface area contributed by atoms with Crippen molar-refractivity contribution in [2.75, 3.05) is 13.2 Å². The van der Waals surface area contributed by atoms with Crippen LogP contribution in [0, 0.1) is 0 Å². The summed E-state index contributed by atoms with van der Waals surface area (Å²) in [5, 5.41) is 8.71. The molecule has 0 bridgehead atoms. The highest BCUT2D eigenvalue weighted by Crippen LogP contribution is 2.46. The fourth-order valence-corrected chi connectivity index (χ4v) is 5.62. The van der Waals surface area contributed by atoms with Crippen LogP contribution in [-0.4, -0.2) is 44.9 Å². The molecule has 2 aliphatic heterocycles. The molecule has 2 fully saturated rings. The smallest absolute Gasteiger partial charge is 0.213 e. The molecular weight excluding hydrogens is 440 g/mol. The summed E-state index contributed by atoms with van der Waals surface area (Å²) in [6.07, 6.45) is 7.24. The van der Waals surface area contributed by atoms with E-state index in [1.54, 1.807) is 6.20 Å². The lowest BCUT2D eigenvalue weighted by Crippen LogP contribution is -2.46. The molecule has 1 aliphatic carbocycles. The molecule has 33 heavy (non-hydrogen) atoms. The quantitative estimate of drug-likeness (QED) is 0.519. The number of pyridine rings is 1. The highest BCUT2D eigenvalue weighted by atomic mass is 35.5. The zero-order chi connectivity index (χ0) is 22.3. The fourth-order valence-electron chi connectivity index (χ4n) is 5.28. The number of aromatic nitrogens is 4. The molecule has 3 aliphatic rings. The van der Waals surface area contributed by atoms with Gasteiger partial charge in [-0.3, -0.25) is 4.57 Å². The highest BCUT2D eigenvalue weighted by molar-refractivity contribution is 6.21. The molecule has 1 saturated heterocycles. The molecule has 3 aromatic rings. The van der Waals surface area contributed by atoms with E-state index < -0.39 is 11.2 Å². The molecule has 8 heteroatoms. The second-order valence-electron chi connectivity index (χ2n) is 9.04. The Kier molecular flexibility index (Phi) is 5.56. The summed E-state index contributed by atoms with van der Waals surface area (Å²) in [7, 11) is 0. The molecule has 6 rings (SSSR count). The van der Waals surface area contributed by atoms with Crippen molar-refractivity contribution >= 4 is 11.6 Å². The average Bonchev–Trinajstić information content (AvgIpc) is 3.27. The number of ether oxygens (including phenoxy) is 3. The number of benzene rings is 1. The average molecular weight is 467 g/mol. The second-order valence-corrected chi connectivity index (χ2v) is 9.48. The third-order valence-corrected chi connectivity index (χ3v) is 7.47. The van der Waals surface area contributed by atoms with Crippen molar-refractivity contribution in [3.63, 3.8) is 0 Å². The van der Waals surface area contributed by atoms with E-state index in [-0.39, 0.29) is 12.0 Å². The Morgan fingerprint density at radius 3 is 2.48 bits per heavy atom. The van der Waals surface area contributed by atoms with Gasteiger partial charge in [-0.05, 0) is 49.8 Å². The lowest BCUT2D eigenvalue weighted by Gasteiger charge is -2.38. The molecule has 4 heterocycles. The fraction of sp³-hybridized carbons (Fsp3) is 0.480. The Hall–Kier alpha value is -2.48. The first kappa shape index (κ1) is 21.1. The minimum atomic E-state index is -0.914. The first-order chi connectivity index (χ1) is 16.2. The standard InChI is InChI=1S/C25H27ClN4O3/c26-22-24-29-28-23(17-9-11-19(12-10-17)33-21-8-3-4-13-27-21)30(24)20-7-2-1-6-18(20)16-25(22)31-14-5-15-32-25/h1-4,6-8,13,17,19,22H,5,9-12,14-16H2/t17-,19-,22?. The molecular formula is C25H27ClN4O3. The molecule has 0 amide bonds. The van der Waals surface area contributed by atoms with Crippen molar-refractivity contribution in [2.45, 2.75) is 61.7 Å². The van der Waals surface area contributed by atoms with E-state index in [2.05, 4.69) is 31.9 Å². The van der Waals surface area contributed by atoms with Gasteiger partial charge in [-0.1, -0.05) is 24.3 Å². The summed E-state index contributed by atoms with van der Waals surface area (Å²) < 4.78 is 20.6. The van der Waals surface area contributed by atoms with E-state index in [0.717, 1.165) is 49.2 Å². The minimum Gasteiger partial charge on any atom is -0.474 e. The zero-order valence-corrected chi connectivity index (χ0v) is 19.2. The van der Waals surface area contributed by atoms with Gasteiger partial charge in [-0.2, -0.15) is 0 Å². The minimum absolute atomic E-state index is 0.169. The topological polar surface area (TPSA) is 71.3 Å². The summed E-state index contributed by atoms with van der Waals surface area (Å²) in [4.78, 5) is 4.30. The molecule has 0 radical (unpaired) electrons. The van der Waals surface area contributed by atoms with E-state index in [9.17, 15) is 0 Å². The zero-order valence-electron chi connectivity index (χ0n) is 18.4. The summed E-state index contributed by atoms with van der Waals surface area (Å²) >= 11 is 7.04. The van der Waals surface area contributed by atoms with Gasteiger partial charge in [0.25, 0.3) is 0 Å². The van der Waals surface area contributed by atoms with Gasteiger partial charge in [0.2, 0.25) is 5.88 Å². The van der Waals surface area contributed by atoms with Crippen molar-refractivity contribution in [3.8, 4) is 11.6 Å². The predicted octanol–water partition coefficient (Wildman–Crippen LogP) is 4.74. The van der Waals surface area contributed by atoms with Crippen LogP contribution in [0.15, 0.2) is 48.7 Å². The lowest BCUT2D eigenvalue weighted by molar-refractivity contribution is -0.268. The molecule has 1 aromatic carbocycles. The van der Waals surface area contributed by atoms with E-state index in [0.29, 0.717) is 31.3 Å². The Morgan fingerprint density at radius 2 is 1.70 bits per heavy atom. The van der Waals surface area contributed by atoms with E-state index >= 15 is 0 Å². The maximum Gasteiger partial charge on any atom is 0.213 e. The van der Waals surface area contributed by atoms with Crippen LogP contribution >= 0.6 is 11.6 Å². The number of hydrogen-bond donors (Lipinski definition) is 0. The van der Waals surface area contributed by atoms with Crippen molar-refractivity contribution in [3.05, 3.63) is 65.9 Å². The SMILES string of the molecule is ClC1c2nnc([C@H]3CC[C@H](Oc4ccccn4)CC3)n2-c2ccccc2CC12OCCCO2. The Labute approximate surface area is 198 Å². The van der Waals surface area contributed by atoms with Crippen LogP contribution in [0.3, 0.4) is 0 Å². The Morgan fingerprint density at radius 1 is 0.939 bits per heavy atom. The van der Waals surface area contributed by atoms with Crippen molar-refractivity contribution in [2.24, 2.45) is 0 Å². The molecule has 1 unspecified atom stereocenters. The maximum atomic E-state index is 7.04. The highest BCUT2D eigenvalue weighted by Gasteiger charge is 2.48. The summed E-state index contributed by atoms with van der Waals surface area (Å²) in [6, 6.07) is 14.1. The molecule has 172 valence electrons. The first-order valence-electron chi connectivity index (χ1n) is 11.8. The summed E-state index contributed by atoms with van der Waals surface area (Å²) in [5.41, 5.74) is 2.21. The molecule has 7 nitrogen and oxygen atoms in total. The van der Waals surface area contributed by atoms with Crippen LogP contribution in [0.2, 0.25) is 0 Å². The van der Waals surface area contributed by atoms with Crippen molar-refractivity contribution < 1.29 is 14.2 Å². The van der Waals surface area contributed by atoms with Gasteiger partial charge in [0.05, 0.1) is 18.9 Å². The summed E-state index contributed by atoms with van der Waals surface area (Å²) in [6.45, 7) is 1.26. The molecule has 2 aromatic heterocycles. The van der Waals surface area contributed by atoms with Gasteiger partial charge in [0, 0.05) is 24.6 Å². The number of halogens is 1. The molecule has 0 N–H and O–H groups in total. The van der Waals surface area contributed by atoms with Crippen LogP contribution in [0.4, 0.5) is 0 Å². The number of nitrogens with zero attached hydrogens (tertiary/aromatic N) is 4. The monoisotopic (exact) mass is 466 g/mol. The van der Waals surface area contributed by atoms with Crippen LogP contribution < -0.4 is 4.74 Å². The van der Waals surface area contributed by atoms with E-state index in [1.807, 2.05) is 30.3 Å². The van der Waals surface area contributed by atoms with Gasteiger partial charge in [0.15, 0.2) is 11.6 Å². The van der Waals surface area contributed by atoms with E-state index in [1.165, 1.54) is 0 Å². The van der Waals surface area contributed by atoms with Gasteiger partial charge in [-0.15, -0.1) is 21.8 Å². The first-order valence-corrected chi connectivity index (χ1v) is 12.2. The van der Waals surface area contributed by atoms with E-state index in [4.69, 9.17) is 25.8 Å². The van der Waals surface area contributed by atoms with Crippen LogP contribution in [-0.2, 0) is 15.9 Å². The van der Waals surface area contributed by atoms with Gasteiger partial charge in [0.1, 0.15) is 17.3 Å². The van der Waals surface area contributed by atoms with Crippen LogP contribution in [0.1, 0.15) is 60.6 Å². The van der Waals surface area contributed by atoms with Crippen molar-refractivity contribution in [1.82, 2.24) is 19.7 Å². The van der Waals surface area contributed by atoms with Gasteiger partial charge in [-0.25, -0.2) is 4.98 Å². The third-order valence-electron chi connectivity index (χ3n) is 6.94. The summed E-state index contributed by atoms with van der Waals surface area (Å²) in [5.74, 6) is 1.73. The van der Waals surface area contributed by atoms with Gasteiger partial charge >= 0.3 is 0 Å². The normalized spacial score (nSPS) is 26.3. The number of hydrogen-bond acceptors (Lipinski definition) is 6. The lowest BCUT2D eigenvalue weighted by atomic mass is 9.86. The number of rotatable bonds is 3. The largest absolute Gasteiger partial charge is 0.474 e. The van der Waals surface area contributed by atoms with Crippen molar-refractivity contribution in [1.29, 1.82) is 0 Å². The second kappa shape index (κ2) is 8.70. The molecule has 1 spiro atoms. The molecule has 1 saturated carbocycles. The van der Waals surface area contributed by atoms with Crippen LogP contribution in [0.25, 0.3) is 5.69 Å². The number of alkyl halides is 1. The Bertz CT molecular complexity index is 1110.